The highest BCUT2D eigenvalue weighted by molar-refractivity contribution is 5.44. The summed E-state index contributed by atoms with van der Waals surface area (Å²) in [5.74, 6) is 1.67. The third kappa shape index (κ3) is 3.69. The van der Waals surface area contributed by atoms with E-state index in [1.165, 1.54) is 25.7 Å². The highest BCUT2D eigenvalue weighted by atomic mass is 16.3. The molecule has 3 nitrogen and oxygen atoms in total. The molecule has 1 aromatic heterocycles. The molecule has 0 aliphatic heterocycles. The molecule has 106 valence electrons. The molecule has 1 saturated carbocycles. The van der Waals surface area contributed by atoms with E-state index in [-0.39, 0.29) is 6.61 Å². The van der Waals surface area contributed by atoms with Gasteiger partial charge >= 0.3 is 0 Å². The third-order valence-electron chi connectivity index (χ3n) is 3.80. The van der Waals surface area contributed by atoms with Gasteiger partial charge in [0, 0.05) is 18.3 Å². The number of pyridine rings is 1. The molecule has 0 atom stereocenters. The van der Waals surface area contributed by atoms with E-state index in [0.717, 1.165) is 23.6 Å². The van der Waals surface area contributed by atoms with Crippen molar-refractivity contribution in [2.75, 3.05) is 11.4 Å². The summed E-state index contributed by atoms with van der Waals surface area (Å²) in [5.41, 5.74) is 1.96. The second-order valence-electron chi connectivity index (χ2n) is 6.12. The standard InChI is InChI=1S/C16H26N2O/c1-12(2)10-18(15-6-4-5-7-15)16-9-14(11-19)8-13(3)17-16/h8-9,12,15,19H,4-7,10-11H2,1-3H3. The molecule has 1 heterocycles. The van der Waals surface area contributed by atoms with Crippen molar-refractivity contribution in [1.29, 1.82) is 0 Å². The van der Waals surface area contributed by atoms with Crippen molar-refractivity contribution in [3.63, 3.8) is 0 Å². The number of aromatic nitrogens is 1. The van der Waals surface area contributed by atoms with Gasteiger partial charge in [0.25, 0.3) is 0 Å². The molecule has 1 fully saturated rings. The molecular weight excluding hydrogens is 236 g/mol. The van der Waals surface area contributed by atoms with E-state index in [9.17, 15) is 5.11 Å². The van der Waals surface area contributed by atoms with Crippen LogP contribution >= 0.6 is 0 Å². The summed E-state index contributed by atoms with van der Waals surface area (Å²) in [4.78, 5) is 7.16. The molecule has 0 spiro atoms. The van der Waals surface area contributed by atoms with E-state index < -0.39 is 0 Å². The summed E-state index contributed by atoms with van der Waals surface area (Å²) in [6.07, 6.45) is 5.21. The number of rotatable bonds is 5. The van der Waals surface area contributed by atoms with E-state index >= 15 is 0 Å². The van der Waals surface area contributed by atoms with Crippen molar-refractivity contribution in [3.05, 3.63) is 23.4 Å². The molecule has 1 N–H and O–H groups in total. The minimum Gasteiger partial charge on any atom is -0.392 e. The fourth-order valence-corrected chi connectivity index (χ4v) is 3.00. The molecule has 3 heteroatoms. The summed E-state index contributed by atoms with van der Waals surface area (Å²) in [5, 5.41) is 9.37. The molecular formula is C16H26N2O. The molecule has 1 aromatic rings. The SMILES string of the molecule is Cc1cc(CO)cc(N(CC(C)C)C2CCCC2)n1. The lowest BCUT2D eigenvalue weighted by atomic mass is 10.1. The molecule has 1 aliphatic carbocycles. The van der Waals surface area contributed by atoms with Crippen LogP contribution in [0.5, 0.6) is 0 Å². The zero-order chi connectivity index (χ0) is 13.8. The highest BCUT2D eigenvalue weighted by Crippen LogP contribution is 2.28. The van der Waals surface area contributed by atoms with Gasteiger partial charge in [0.1, 0.15) is 5.82 Å². The summed E-state index contributed by atoms with van der Waals surface area (Å²) < 4.78 is 0. The Morgan fingerprint density at radius 1 is 1.32 bits per heavy atom. The number of nitrogens with zero attached hydrogens (tertiary/aromatic N) is 2. The van der Waals surface area contributed by atoms with Crippen molar-refractivity contribution >= 4 is 5.82 Å². The average Bonchev–Trinajstić information content (AvgIpc) is 2.88. The predicted octanol–water partition coefficient (Wildman–Crippen LogP) is 3.29. The number of anilines is 1. The second-order valence-corrected chi connectivity index (χ2v) is 6.12. The quantitative estimate of drug-likeness (QED) is 0.884. The number of aliphatic hydroxyl groups is 1. The minimum atomic E-state index is 0.0938. The molecule has 0 bridgehead atoms. The monoisotopic (exact) mass is 262 g/mol. The van der Waals surface area contributed by atoms with Gasteiger partial charge in [-0.05, 0) is 43.4 Å². The summed E-state index contributed by atoms with van der Waals surface area (Å²) in [6, 6.07) is 4.64. The van der Waals surface area contributed by atoms with Gasteiger partial charge in [0.2, 0.25) is 0 Å². The Kier molecular flexibility index (Phi) is 4.81. The fraction of sp³-hybridized carbons (Fsp3) is 0.688. The van der Waals surface area contributed by atoms with Crippen LogP contribution in [-0.4, -0.2) is 22.7 Å². The van der Waals surface area contributed by atoms with Crippen molar-refractivity contribution in [1.82, 2.24) is 4.98 Å². The van der Waals surface area contributed by atoms with Crippen LogP contribution in [0.2, 0.25) is 0 Å². The van der Waals surface area contributed by atoms with Crippen LogP contribution in [0.3, 0.4) is 0 Å². The van der Waals surface area contributed by atoms with E-state index in [1.807, 2.05) is 19.1 Å². The molecule has 2 rings (SSSR count). The number of hydrogen-bond acceptors (Lipinski definition) is 3. The number of aliphatic hydroxyl groups excluding tert-OH is 1. The largest absolute Gasteiger partial charge is 0.392 e. The van der Waals surface area contributed by atoms with Gasteiger partial charge in [-0.1, -0.05) is 26.7 Å². The van der Waals surface area contributed by atoms with E-state index in [4.69, 9.17) is 4.98 Å². The maximum atomic E-state index is 9.37. The topological polar surface area (TPSA) is 36.4 Å². The van der Waals surface area contributed by atoms with Crippen molar-refractivity contribution < 1.29 is 5.11 Å². The number of aryl methyl sites for hydroxylation is 1. The van der Waals surface area contributed by atoms with Crippen LogP contribution in [0, 0.1) is 12.8 Å². The number of hydrogen-bond donors (Lipinski definition) is 1. The first-order valence-electron chi connectivity index (χ1n) is 7.45. The van der Waals surface area contributed by atoms with Gasteiger partial charge < -0.3 is 10.0 Å². The fourth-order valence-electron chi connectivity index (χ4n) is 3.00. The van der Waals surface area contributed by atoms with E-state index in [2.05, 4.69) is 18.7 Å². The zero-order valence-corrected chi connectivity index (χ0v) is 12.4. The maximum absolute atomic E-state index is 9.37. The Morgan fingerprint density at radius 3 is 2.58 bits per heavy atom. The Hall–Kier alpha value is -1.09. The molecule has 0 aromatic carbocycles. The summed E-state index contributed by atoms with van der Waals surface area (Å²) >= 11 is 0. The first kappa shape index (κ1) is 14.3. The average molecular weight is 262 g/mol. The van der Waals surface area contributed by atoms with E-state index in [1.54, 1.807) is 0 Å². The Labute approximate surface area is 116 Å². The maximum Gasteiger partial charge on any atom is 0.129 e. The molecule has 0 saturated heterocycles. The molecule has 0 unspecified atom stereocenters. The van der Waals surface area contributed by atoms with Crippen LogP contribution in [0.15, 0.2) is 12.1 Å². The van der Waals surface area contributed by atoms with E-state index in [0.29, 0.717) is 12.0 Å². The van der Waals surface area contributed by atoms with Crippen LogP contribution < -0.4 is 4.90 Å². The van der Waals surface area contributed by atoms with Crippen LogP contribution in [0.1, 0.15) is 50.8 Å². The Bertz CT molecular complexity index is 411. The minimum absolute atomic E-state index is 0.0938. The lowest BCUT2D eigenvalue weighted by molar-refractivity contribution is 0.281. The molecule has 1 aliphatic rings. The first-order valence-corrected chi connectivity index (χ1v) is 7.45. The normalized spacial score (nSPS) is 16.3. The van der Waals surface area contributed by atoms with Gasteiger partial charge in [-0.15, -0.1) is 0 Å². The molecule has 19 heavy (non-hydrogen) atoms. The highest BCUT2D eigenvalue weighted by Gasteiger charge is 2.24. The second kappa shape index (κ2) is 6.38. The Balaban J connectivity index is 2.28. The van der Waals surface area contributed by atoms with Gasteiger partial charge in [-0.2, -0.15) is 0 Å². The van der Waals surface area contributed by atoms with Crippen molar-refractivity contribution in [2.45, 2.75) is 59.1 Å². The van der Waals surface area contributed by atoms with Crippen LogP contribution in [0.4, 0.5) is 5.82 Å². The van der Waals surface area contributed by atoms with Crippen LogP contribution in [-0.2, 0) is 6.61 Å². The van der Waals surface area contributed by atoms with Crippen LogP contribution in [0.25, 0.3) is 0 Å². The zero-order valence-electron chi connectivity index (χ0n) is 12.4. The van der Waals surface area contributed by atoms with Gasteiger partial charge in [0.05, 0.1) is 6.61 Å². The van der Waals surface area contributed by atoms with Gasteiger partial charge in [0.15, 0.2) is 0 Å². The van der Waals surface area contributed by atoms with Crippen molar-refractivity contribution in [2.24, 2.45) is 5.92 Å². The lowest BCUT2D eigenvalue weighted by Gasteiger charge is -2.32. The van der Waals surface area contributed by atoms with Gasteiger partial charge in [-0.3, -0.25) is 0 Å². The molecule has 0 amide bonds. The molecule has 0 radical (unpaired) electrons. The summed E-state index contributed by atoms with van der Waals surface area (Å²) in [6.45, 7) is 7.66. The summed E-state index contributed by atoms with van der Waals surface area (Å²) in [7, 11) is 0. The van der Waals surface area contributed by atoms with Crippen molar-refractivity contribution in [3.8, 4) is 0 Å². The first-order chi connectivity index (χ1) is 9.10. The predicted molar refractivity (Wildman–Crippen MR) is 79.3 cm³/mol. The smallest absolute Gasteiger partial charge is 0.129 e. The Morgan fingerprint density at radius 2 is 2.00 bits per heavy atom. The third-order valence-corrected chi connectivity index (χ3v) is 3.80. The van der Waals surface area contributed by atoms with Gasteiger partial charge in [-0.25, -0.2) is 4.98 Å². The lowest BCUT2D eigenvalue weighted by Crippen LogP contribution is -2.37.